The average molecular weight is 330 g/mol. The molecule has 0 bridgehead atoms. The third kappa shape index (κ3) is 3.25. The number of ether oxygens (including phenoxy) is 1. The molecule has 2 heterocycles. The second-order valence-electron chi connectivity index (χ2n) is 5.14. The number of piperidine rings is 1. The Morgan fingerprint density at radius 3 is 2.59 bits per heavy atom. The molecule has 1 saturated heterocycles. The first-order chi connectivity index (χ1) is 10.4. The van der Waals surface area contributed by atoms with Gasteiger partial charge in [-0.05, 0) is 26.7 Å². The number of imidazole rings is 1. The Bertz CT molecular complexity index is 632. The van der Waals surface area contributed by atoms with E-state index in [0.29, 0.717) is 25.9 Å². The highest BCUT2D eigenvalue weighted by Crippen LogP contribution is 2.27. The highest BCUT2D eigenvalue weighted by molar-refractivity contribution is 7.89. The van der Waals surface area contributed by atoms with Crippen LogP contribution in [0.5, 0.6) is 0 Å². The van der Waals surface area contributed by atoms with Gasteiger partial charge in [-0.2, -0.15) is 0 Å². The van der Waals surface area contributed by atoms with E-state index in [1.54, 1.807) is 18.4 Å². The Kier molecular flexibility index (Phi) is 5.07. The second kappa shape index (κ2) is 6.66. The molecule has 1 aliphatic heterocycles. The molecule has 0 aromatic carbocycles. The normalized spacial score (nSPS) is 17.5. The standard InChI is InChI=1S/C13H22N4O4S/c1-3-21-13(18)11-12(14)17(9-15-11)10-5-7-16(8-6-10)22(19,20)4-2/h9-10H,3-8,14H2,1-2H3. The lowest BCUT2D eigenvalue weighted by atomic mass is 10.1. The van der Waals surface area contributed by atoms with Crippen molar-refractivity contribution in [1.29, 1.82) is 0 Å². The number of nitrogens with two attached hydrogens (primary N) is 1. The number of carbonyl (C=O) groups is 1. The molecule has 1 fully saturated rings. The molecule has 22 heavy (non-hydrogen) atoms. The first kappa shape index (κ1) is 16.8. The summed E-state index contributed by atoms with van der Waals surface area (Å²) in [5.74, 6) is -0.155. The minimum Gasteiger partial charge on any atom is -0.461 e. The Balaban J connectivity index is 2.08. The van der Waals surface area contributed by atoms with Gasteiger partial charge in [-0.1, -0.05) is 0 Å². The number of anilines is 1. The van der Waals surface area contributed by atoms with Gasteiger partial charge in [0.1, 0.15) is 5.82 Å². The van der Waals surface area contributed by atoms with Gasteiger partial charge < -0.3 is 15.0 Å². The van der Waals surface area contributed by atoms with E-state index in [1.807, 2.05) is 0 Å². The number of nitrogen functional groups attached to an aromatic ring is 1. The lowest BCUT2D eigenvalue weighted by Crippen LogP contribution is -2.39. The molecule has 124 valence electrons. The molecule has 0 saturated carbocycles. The summed E-state index contributed by atoms with van der Waals surface area (Å²) < 4.78 is 31.8. The third-order valence-corrected chi connectivity index (χ3v) is 5.76. The zero-order chi connectivity index (χ0) is 16.3. The van der Waals surface area contributed by atoms with Crippen LogP contribution in [0.3, 0.4) is 0 Å². The molecule has 0 unspecified atom stereocenters. The third-order valence-electron chi connectivity index (χ3n) is 3.88. The van der Waals surface area contributed by atoms with Gasteiger partial charge in [-0.25, -0.2) is 22.5 Å². The molecular formula is C13H22N4O4S. The monoisotopic (exact) mass is 330 g/mol. The molecule has 9 heteroatoms. The van der Waals surface area contributed by atoms with Crippen molar-refractivity contribution in [3.63, 3.8) is 0 Å². The molecule has 1 aromatic rings. The molecule has 1 aromatic heterocycles. The van der Waals surface area contributed by atoms with Crippen molar-refractivity contribution in [2.75, 3.05) is 31.2 Å². The van der Waals surface area contributed by atoms with E-state index in [2.05, 4.69) is 4.98 Å². The van der Waals surface area contributed by atoms with Crippen LogP contribution in [-0.2, 0) is 14.8 Å². The van der Waals surface area contributed by atoms with Gasteiger partial charge in [-0.15, -0.1) is 0 Å². The van der Waals surface area contributed by atoms with Crippen LogP contribution in [0.1, 0.15) is 43.2 Å². The van der Waals surface area contributed by atoms with Crippen LogP contribution in [0.15, 0.2) is 6.33 Å². The van der Waals surface area contributed by atoms with Gasteiger partial charge in [-0.3, -0.25) is 0 Å². The van der Waals surface area contributed by atoms with Crippen LogP contribution < -0.4 is 5.73 Å². The van der Waals surface area contributed by atoms with E-state index in [-0.39, 0.29) is 29.9 Å². The molecule has 0 aliphatic carbocycles. The summed E-state index contributed by atoms with van der Waals surface area (Å²) >= 11 is 0. The Morgan fingerprint density at radius 1 is 1.41 bits per heavy atom. The number of aromatic nitrogens is 2. The number of carbonyl (C=O) groups excluding carboxylic acids is 1. The van der Waals surface area contributed by atoms with Crippen LogP contribution in [0.25, 0.3) is 0 Å². The molecule has 1 aliphatic rings. The van der Waals surface area contributed by atoms with Crippen molar-refractivity contribution in [2.24, 2.45) is 0 Å². The molecule has 2 N–H and O–H groups in total. The van der Waals surface area contributed by atoms with Crippen molar-refractivity contribution in [2.45, 2.75) is 32.7 Å². The molecule has 0 amide bonds. The van der Waals surface area contributed by atoms with E-state index in [0.717, 1.165) is 0 Å². The minimum atomic E-state index is -3.15. The predicted molar refractivity (Wildman–Crippen MR) is 81.9 cm³/mol. The second-order valence-corrected chi connectivity index (χ2v) is 7.39. The quantitative estimate of drug-likeness (QED) is 0.793. The van der Waals surface area contributed by atoms with Gasteiger partial charge in [0.15, 0.2) is 5.69 Å². The summed E-state index contributed by atoms with van der Waals surface area (Å²) in [6.07, 6.45) is 2.81. The molecule has 2 rings (SSSR count). The summed E-state index contributed by atoms with van der Waals surface area (Å²) in [5, 5.41) is 0. The summed E-state index contributed by atoms with van der Waals surface area (Å²) in [6, 6.07) is 0.0407. The smallest absolute Gasteiger partial charge is 0.360 e. The fourth-order valence-corrected chi connectivity index (χ4v) is 3.73. The van der Waals surface area contributed by atoms with E-state index in [1.165, 1.54) is 10.6 Å². The average Bonchev–Trinajstić information content (AvgIpc) is 2.89. The molecule has 0 radical (unpaired) electrons. The fraction of sp³-hybridized carbons (Fsp3) is 0.692. The summed E-state index contributed by atoms with van der Waals surface area (Å²) in [6.45, 7) is 4.52. The highest BCUT2D eigenvalue weighted by Gasteiger charge is 2.29. The highest BCUT2D eigenvalue weighted by atomic mass is 32.2. The lowest BCUT2D eigenvalue weighted by Gasteiger charge is -2.31. The van der Waals surface area contributed by atoms with Crippen LogP contribution in [0.4, 0.5) is 5.82 Å². The topological polar surface area (TPSA) is 108 Å². The van der Waals surface area contributed by atoms with Crippen LogP contribution in [0, 0.1) is 0 Å². The van der Waals surface area contributed by atoms with Crippen molar-refractivity contribution in [3.8, 4) is 0 Å². The number of sulfonamides is 1. The van der Waals surface area contributed by atoms with E-state index >= 15 is 0 Å². The summed E-state index contributed by atoms with van der Waals surface area (Å²) in [7, 11) is -3.15. The molecule has 8 nitrogen and oxygen atoms in total. The zero-order valence-corrected chi connectivity index (χ0v) is 13.7. The maximum Gasteiger partial charge on any atom is 0.360 e. The number of esters is 1. The fourth-order valence-electron chi connectivity index (χ4n) is 2.60. The largest absolute Gasteiger partial charge is 0.461 e. The van der Waals surface area contributed by atoms with Crippen molar-refractivity contribution in [1.82, 2.24) is 13.9 Å². The molecular weight excluding hydrogens is 308 g/mol. The van der Waals surface area contributed by atoms with Crippen LogP contribution >= 0.6 is 0 Å². The molecule has 0 atom stereocenters. The zero-order valence-electron chi connectivity index (χ0n) is 12.9. The minimum absolute atomic E-state index is 0.0407. The summed E-state index contributed by atoms with van der Waals surface area (Å²) in [4.78, 5) is 15.7. The van der Waals surface area contributed by atoms with Gasteiger partial charge in [0.05, 0.1) is 18.7 Å². The van der Waals surface area contributed by atoms with Crippen molar-refractivity contribution in [3.05, 3.63) is 12.0 Å². The van der Waals surface area contributed by atoms with E-state index < -0.39 is 16.0 Å². The maximum atomic E-state index is 11.9. The van der Waals surface area contributed by atoms with Crippen LogP contribution in [-0.4, -0.2) is 53.7 Å². The first-order valence-electron chi connectivity index (χ1n) is 7.38. The number of hydrogen-bond donors (Lipinski definition) is 1. The van der Waals surface area contributed by atoms with Gasteiger partial charge >= 0.3 is 5.97 Å². The lowest BCUT2D eigenvalue weighted by molar-refractivity contribution is 0.0521. The number of rotatable bonds is 5. The SMILES string of the molecule is CCOC(=O)c1ncn(C2CCN(S(=O)(=O)CC)CC2)c1N. The van der Waals surface area contributed by atoms with E-state index in [9.17, 15) is 13.2 Å². The van der Waals surface area contributed by atoms with Gasteiger partial charge in [0.25, 0.3) is 0 Å². The van der Waals surface area contributed by atoms with Crippen molar-refractivity contribution >= 4 is 21.8 Å². The first-order valence-corrected chi connectivity index (χ1v) is 8.98. The maximum absolute atomic E-state index is 11.9. The van der Waals surface area contributed by atoms with E-state index in [4.69, 9.17) is 10.5 Å². The molecule has 0 spiro atoms. The van der Waals surface area contributed by atoms with Gasteiger partial charge in [0.2, 0.25) is 10.0 Å². The Hall–Kier alpha value is -1.61. The van der Waals surface area contributed by atoms with Crippen LogP contribution in [0.2, 0.25) is 0 Å². The number of hydrogen-bond acceptors (Lipinski definition) is 6. The number of nitrogens with zero attached hydrogens (tertiary/aromatic N) is 3. The summed E-state index contributed by atoms with van der Waals surface area (Å²) in [5.41, 5.74) is 6.10. The Morgan fingerprint density at radius 2 is 2.05 bits per heavy atom. The predicted octanol–water partition coefficient (Wildman–Crippen LogP) is 0.629. The Labute approximate surface area is 130 Å². The van der Waals surface area contributed by atoms with Crippen molar-refractivity contribution < 1.29 is 17.9 Å². The van der Waals surface area contributed by atoms with Gasteiger partial charge in [0, 0.05) is 19.1 Å².